The summed E-state index contributed by atoms with van der Waals surface area (Å²) >= 11 is 12.6. The lowest BCUT2D eigenvalue weighted by atomic mass is 10.0. The number of carbonyl (C=O) groups is 2. The lowest BCUT2D eigenvalue weighted by molar-refractivity contribution is -0.140. The van der Waals surface area contributed by atoms with Crippen molar-refractivity contribution >= 4 is 50.7 Å². The maximum absolute atomic E-state index is 14.2. The van der Waals surface area contributed by atoms with Crippen LogP contribution in [0.2, 0.25) is 10.0 Å². The molecular formula is C32H39Cl2N3O4S. The number of sulfonamides is 1. The topological polar surface area (TPSA) is 86.8 Å². The number of rotatable bonds is 13. The molecule has 10 heteroatoms. The number of anilines is 1. The third-order valence-electron chi connectivity index (χ3n) is 7.15. The Bertz CT molecular complexity index is 1460. The van der Waals surface area contributed by atoms with E-state index in [4.69, 9.17) is 23.2 Å². The van der Waals surface area contributed by atoms with E-state index in [9.17, 15) is 18.0 Å². The van der Waals surface area contributed by atoms with Gasteiger partial charge >= 0.3 is 0 Å². The van der Waals surface area contributed by atoms with Gasteiger partial charge in [-0.3, -0.25) is 13.9 Å². The molecule has 2 amide bonds. The largest absolute Gasteiger partial charge is 0.352 e. The lowest BCUT2D eigenvalue weighted by Gasteiger charge is -2.34. The van der Waals surface area contributed by atoms with Crippen LogP contribution >= 0.6 is 23.2 Å². The molecule has 2 atom stereocenters. The zero-order valence-electron chi connectivity index (χ0n) is 24.7. The number of amides is 2. The fourth-order valence-corrected chi connectivity index (χ4v) is 5.79. The summed E-state index contributed by atoms with van der Waals surface area (Å²) in [5.41, 5.74) is 2.84. The Morgan fingerprint density at radius 3 is 2.12 bits per heavy atom. The number of nitrogens with one attached hydrogen (secondary N) is 1. The maximum Gasteiger partial charge on any atom is 0.244 e. The van der Waals surface area contributed by atoms with Crippen molar-refractivity contribution in [3.05, 3.63) is 99.5 Å². The summed E-state index contributed by atoms with van der Waals surface area (Å²) in [5, 5.41) is 3.78. The van der Waals surface area contributed by atoms with Crippen LogP contribution in [0.5, 0.6) is 0 Å². The Morgan fingerprint density at radius 2 is 1.57 bits per heavy atom. The fourth-order valence-electron chi connectivity index (χ4n) is 4.47. The molecule has 1 N–H and O–H groups in total. The molecule has 226 valence electrons. The summed E-state index contributed by atoms with van der Waals surface area (Å²) in [6, 6.07) is 20.4. The highest BCUT2D eigenvalue weighted by atomic mass is 35.5. The van der Waals surface area contributed by atoms with E-state index >= 15 is 0 Å². The van der Waals surface area contributed by atoms with Crippen molar-refractivity contribution in [3.8, 4) is 0 Å². The minimum atomic E-state index is -3.85. The third kappa shape index (κ3) is 9.21. The van der Waals surface area contributed by atoms with E-state index < -0.39 is 28.5 Å². The zero-order chi connectivity index (χ0) is 31.0. The molecule has 0 saturated carbocycles. The number of benzene rings is 3. The Hall–Kier alpha value is -3.07. The molecule has 0 aliphatic carbocycles. The molecule has 3 aromatic rings. The summed E-state index contributed by atoms with van der Waals surface area (Å²) < 4.78 is 27.0. The van der Waals surface area contributed by atoms with Crippen LogP contribution in [0.1, 0.15) is 56.7 Å². The second-order valence-corrected chi connectivity index (χ2v) is 13.5. The molecule has 0 aliphatic rings. The van der Waals surface area contributed by atoms with Crippen LogP contribution in [-0.4, -0.2) is 50.0 Å². The van der Waals surface area contributed by atoms with Gasteiger partial charge in [0.15, 0.2) is 0 Å². The minimum absolute atomic E-state index is 0.0237. The Labute approximate surface area is 259 Å². The van der Waals surface area contributed by atoms with Crippen molar-refractivity contribution in [2.45, 2.75) is 65.1 Å². The Kier molecular flexibility index (Phi) is 11.9. The van der Waals surface area contributed by atoms with E-state index in [0.29, 0.717) is 27.7 Å². The molecule has 0 heterocycles. The van der Waals surface area contributed by atoms with E-state index in [1.165, 1.54) is 4.90 Å². The summed E-state index contributed by atoms with van der Waals surface area (Å²) in [6.45, 7) is 7.43. The zero-order valence-corrected chi connectivity index (χ0v) is 27.0. The molecule has 0 aliphatic heterocycles. The van der Waals surface area contributed by atoms with E-state index in [2.05, 4.69) is 5.32 Å². The van der Waals surface area contributed by atoms with E-state index in [-0.39, 0.29) is 30.8 Å². The van der Waals surface area contributed by atoms with Crippen LogP contribution in [0.3, 0.4) is 0 Å². The van der Waals surface area contributed by atoms with Crippen LogP contribution in [-0.2, 0) is 32.6 Å². The highest BCUT2D eigenvalue weighted by Crippen LogP contribution is 2.26. The van der Waals surface area contributed by atoms with E-state index in [0.717, 1.165) is 21.7 Å². The van der Waals surface area contributed by atoms with Gasteiger partial charge in [0, 0.05) is 29.1 Å². The molecule has 2 unspecified atom stereocenters. The number of halogens is 2. The number of hydrogen-bond donors (Lipinski definition) is 1. The van der Waals surface area contributed by atoms with Crippen molar-refractivity contribution in [1.82, 2.24) is 10.2 Å². The summed E-state index contributed by atoms with van der Waals surface area (Å²) in [6.07, 6.45) is 1.99. The smallest absolute Gasteiger partial charge is 0.244 e. The quantitative estimate of drug-likeness (QED) is 0.235. The van der Waals surface area contributed by atoms with Gasteiger partial charge in [0.1, 0.15) is 12.6 Å². The molecular weight excluding hydrogens is 593 g/mol. The van der Waals surface area contributed by atoms with Gasteiger partial charge in [-0.1, -0.05) is 92.5 Å². The fraction of sp³-hybridized carbons (Fsp3) is 0.375. The molecule has 0 saturated heterocycles. The highest BCUT2D eigenvalue weighted by Gasteiger charge is 2.33. The molecule has 0 bridgehead atoms. The van der Waals surface area contributed by atoms with Gasteiger partial charge < -0.3 is 10.2 Å². The first kappa shape index (κ1) is 33.4. The van der Waals surface area contributed by atoms with Crippen LogP contribution in [0.25, 0.3) is 0 Å². The van der Waals surface area contributed by atoms with Crippen LogP contribution in [0.15, 0.2) is 72.8 Å². The molecule has 0 radical (unpaired) electrons. The first-order valence-corrected chi connectivity index (χ1v) is 16.6. The second-order valence-electron chi connectivity index (χ2n) is 10.8. The number of carbonyl (C=O) groups excluding carboxylic acids is 2. The molecule has 3 aromatic carbocycles. The van der Waals surface area contributed by atoms with Gasteiger partial charge in [0.2, 0.25) is 21.8 Å². The van der Waals surface area contributed by atoms with Gasteiger partial charge in [-0.15, -0.1) is 0 Å². The average molecular weight is 633 g/mol. The highest BCUT2D eigenvalue weighted by molar-refractivity contribution is 7.92. The predicted octanol–water partition coefficient (Wildman–Crippen LogP) is 6.44. The molecule has 42 heavy (non-hydrogen) atoms. The second kappa shape index (κ2) is 14.9. The first-order valence-electron chi connectivity index (χ1n) is 14.0. The summed E-state index contributed by atoms with van der Waals surface area (Å²) in [5.74, 6) is -0.617. The van der Waals surface area contributed by atoms with Crippen molar-refractivity contribution in [3.63, 3.8) is 0 Å². The average Bonchev–Trinajstić information content (AvgIpc) is 2.94. The molecule has 0 aromatic heterocycles. The molecule has 0 spiro atoms. The van der Waals surface area contributed by atoms with Crippen LogP contribution in [0, 0.1) is 0 Å². The van der Waals surface area contributed by atoms with Gasteiger partial charge in [-0.05, 0) is 60.2 Å². The normalized spacial score (nSPS) is 13.0. The molecule has 0 fully saturated rings. The third-order valence-corrected chi connectivity index (χ3v) is 8.88. The van der Waals surface area contributed by atoms with Crippen molar-refractivity contribution in [1.29, 1.82) is 0 Å². The summed E-state index contributed by atoms with van der Waals surface area (Å²) in [7, 11) is -3.85. The van der Waals surface area contributed by atoms with E-state index in [1.807, 2.05) is 70.2 Å². The summed E-state index contributed by atoms with van der Waals surface area (Å²) in [4.78, 5) is 29.4. The van der Waals surface area contributed by atoms with Crippen molar-refractivity contribution < 1.29 is 18.0 Å². The van der Waals surface area contributed by atoms with Gasteiger partial charge in [-0.2, -0.15) is 0 Å². The standard InChI is InChI=1S/C32H39Cl2N3O4S/c1-6-23(4)35-32(39)30(18-24-10-8-7-9-11-24)36(20-26-12-15-27(33)19-29(26)34)31(38)21-37(42(5,40)41)28-16-13-25(14-17-28)22(2)3/h7-17,19,22-23,30H,6,18,20-21H2,1-5H3,(H,35,39). The number of nitrogens with zero attached hydrogens (tertiary/aromatic N) is 2. The molecule has 7 nitrogen and oxygen atoms in total. The van der Waals surface area contributed by atoms with Crippen molar-refractivity contribution in [2.24, 2.45) is 0 Å². The number of hydrogen-bond acceptors (Lipinski definition) is 4. The minimum Gasteiger partial charge on any atom is -0.352 e. The van der Waals surface area contributed by atoms with Crippen LogP contribution in [0.4, 0.5) is 5.69 Å². The lowest BCUT2D eigenvalue weighted by Crippen LogP contribution is -2.54. The Balaban J connectivity index is 2.08. The van der Waals surface area contributed by atoms with Crippen molar-refractivity contribution in [2.75, 3.05) is 17.1 Å². The SMILES string of the molecule is CCC(C)NC(=O)C(Cc1ccccc1)N(Cc1ccc(Cl)cc1Cl)C(=O)CN(c1ccc(C(C)C)cc1)S(C)(=O)=O. The first-order chi connectivity index (χ1) is 19.8. The van der Waals surface area contributed by atoms with Gasteiger partial charge in [-0.25, -0.2) is 8.42 Å². The van der Waals surface area contributed by atoms with E-state index in [1.54, 1.807) is 30.3 Å². The predicted molar refractivity (Wildman–Crippen MR) is 172 cm³/mol. The van der Waals surface area contributed by atoms with Gasteiger partial charge in [0.05, 0.1) is 11.9 Å². The Morgan fingerprint density at radius 1 is 0.929 bits per heavy atom. The van der Waals surface area contributed by atoms with Gasteiger partial charge in [0.25, 0.3) is 0 Å². The maximum atomic E-state index is 14.2. The van der Waals surface area contributed by atoms with Crippen LogP contribution < -0.4 is 9.62 Å². The monoisotopic (exact) mass is 631 g/mol. The molecule has 3 rings (SSSR count).